The summed E-state index contributed by atoms with van der Waals surface area (Å²) < 4.78 is 2.28. The highest BCUT2D eigenvalue weighted by molar-refractivity contribution is 7.10. The quantitative estimate of drug-likeness (QED) is 0.578. The van der Waals surface area contributed by atoms with Gasteiger partial charge in [0.1, 0.15) is 0 Å². The van der Waals surface area contributed by atoms with Crippen molar-refractivity contribution in [3.05, 3.63) is 71.1 Å². The first-order chi connectivity index (χ1) is 9.64. The number of para-hydroxylation sites is 1. The minimum atomic E-state index is 0.0280. The minimum absolute atomic E-state index is 0.0280. The Morgan fingerprint density at radius 1 is 1.20 bits per heavy atom. The second-order valence-electron chi connectivity index (χ2n) is 5.60. The van der Waals surface area contributed by atoms with E-state index in [1.54, 1.807) is 0 Å². The Kier molecular flexibility index (Phi) is 3.27. The third-order valence-electron chi connectivity index (χ3n) is 3.92. The van der Waals surface area contributed by atoms with Crippen LogP contribution in [0.1, 0.15) is 24.3 Å². The maximum Gasteiger partial charge on any atom is 0.0486 e. The maximum absolute atomic E-state index is 3.87. The number of benzene rings is 1. The van der Waals surface area contributed by atoms with Crippen molar-refractivity contribution in [2.75, 3.05) is 0 Å². The lowest BCUT2D eigenvalue weighted by molar-refractivity contribution is 0.656. The molecule has 0 aliphatic carbocycles. The average Bonchev–Trinajstić information content (AvgIpc) is 3.08. The van der Waals surface area contributed by atoms with Crippen molar-refractivity contribution < 1.29 is 0 Å². The van der Waals surface area contributed by atoms with Crippen LogP contribution >= 0.6 is 11.3 Å². The zero-order chi connectivity index (χ0) is 14.2. The van der Waals surface area contributed by atoms with Crippen LogP contribution in [0.25, 0.3) is 10.9 Å². The van der Waals surface area contributed by atoms with E-state index in [0.29, 0.717) is 0 Å². The summed E-state index contributed by atoms with van der Waals surface area (Å²) >= 11 is 1.83. The molecule has 20 heavy (non-hydrogen) atoms. The SMILES string of the molecule is C=CCn1cc(C(C)(C)c2cccs2)c2ccccc21. The number of fused-ring (bicyclic) bond motifs is 1. The van der Waals surface area contributed by atoms with E-state index >= 15 is 0 Å². The van der Waals surface area contributed by atoms with E-state index in [1.165, 1.54) is 21.3 Å². The summed E-state index contributed by atoms with van der Waals surface area (Å²) in [6.45, 7) is 9.32. The van der Waals surface area contributed by atoms with E-state index in [1.807, 2.05) is 17.4 Å². The summed E-state index contributed by atoms with van der Waals surface area (Å²) in [5.41, 5.74) is 2.70. The highest BCUT2D eigenvalue weighted by Gasteiger charge is 2.27. The first-order valence-corrected chi connectivity index (χ1v) is 7.76. The van der Waals surface area contributed by atoms with Crippen LogP contribution < -0.4 is 0 Å². The van der Waals surface area contributed by atoms with Crippen molar-refractivity contribution in [1.29, 1.82) is 0 Å². The van der Waals surface area contributed by atoms with Gasteiger partial charge in [0.15, 0.2) is 0 Å². The van der Waals surface area contributed by atoms with Crippen LogP contribution in [-0.4, -0.2) is 4.57 Å². The normalized spacial score (nSPS) is 11.9. The molecular formula is C18H19NS. The van der Waals surface area contributed by atoms with Gasteiger partial charge in [0.2, 0.25) is 0 Å². The molecule has 3 rings (SSSR count). The van der Waals surface area contributed by atoms with E-state index in [2.05, 4.69) is 73.0 Å². The molecule has 0 spiro atoms. The Balaban J connectivity index is 2.24. The molecule has 2 heteroatoms. The Hall–Kier alpha value is -1.80. The zero-order valence-corrected chi connectivity index (χ0v) is 12.8. The van der Waals surface area contributed by atoms with Crippen molar-refractivity contribution in [2.24, 2.45) is 0 Å². The molecule has 0 saturated carbocycles. The van der Waals surface area contributed by atoms with Crippen molar-refractivity contribution in [2.45, 2.75) is 25.8 Å². The van der Waals surface area contributed by atoms with Gasteiger partial charge in [0.05, 0.1) is 0 Å². The molecule has 0 fully saturated rings. The van der Waals surface area contributed by atoms with E-state index < -0.39 is 0 Å². The first-order valence-electron chi connectivity index (χ1n) is 6.88. The van der Waals surface area contributed by atoms with Crippen LogP contribution in [0, 0.1) is 0 Å². The number of hydrogen-bond acceptors (Lipinski definition) is 1. The van der Waals surface area contributed by atoms with Crippen LogP contribution in [0.15, 0.2) is 60.6 Å². The molecule has 0 unspecified atom stereocenters. The fourth-order valence-corrected chi connectivity index (χ4v) is 3.67. The smallest absolute Gasteiger partial charge is 0.0486 e. The second-order valence-corrected chi connectivity index (χ2v) is 6.55. The number of allylic oxidation sites excluding steroid dienone is 1. The molecule has 0 bridgehead atoms. The van der Waals surface area contributed by atoms with Crippen molar-refractivity contribution in [1.82, 2.24) is 4.57 Å². The molecular weight excluding hydrogens is 262 g/mol. The van der Waals surface area contributed by atoms with Gasteiger partial charge in [0.25, 0.3) is 0 Å². The van der Waals surface area contributed by atoms with Crippen molar-refractivity contribution in [3.63, 3.8) is 0 Å². The summed E-state index contributed by atoms with van der Waals surface area (Å²) in [5.74, 6) is 0. The second kappa shape index (κ2) is 4.95. The van der Waals surface area contributed by atoms with Crippen LogP contribution in [-0.2, 0) is 12.0 Å². The average molecular weight is 281 g/mol. The number of rotatable bonds is 4. The third-order valence-corrected chi connectivity index (χ3v) is 5.12. The van der Waals surface area contributed by atoms with Gasteiger partial charge in [-0.1, -0.05) is 44.2 Å². The monoisotopic (exact) mass is 281 g/mol. The molecule has 0 aliphatic heterocycles. The molecule has 1 aromatic carbocycles. The van der Waals surface area contributed by atoms with Gasteiger partial charge in [-0.2, -0.15) is 0 Å². The molecule has 0 amide bonds. The molecule has 0 atom stereocenters. The molecule has 3 aromatic rings. The first kappa shape index (κ1) is 13.2. The predicted molar refractivity (Wildman–Crippen MR) is 88.6 cm³/mol. The van der Waals surface area contributed by atoms with E-state index in [9.17, 15) is 0 Å². The Morgan fingerprint density at radius 3 is 2.70 bits per heavy atom. The molecule has 1 nitrogen and oxygen atoms in total. The number of nitrogens with zero attached hydrogens (tertiary/aromatic N) is 1. The van der Waals surface area contributed by atoms with Gasteiger partial charge in [-0.3, -0.25) is 0 Å². The lowest BCUT2D eigenvalue weighted by Crippen LogP contribution is -2.16. The van der Waals surface area contributed by atoms with Gasteiger partial charge < -0.3 is 4.57 Å². The standard InChI is InChI=1S/C18H19NS/c1-4-11-19-13-15(14-8-5-6-9-16(14)19)18(2,3)17-10-7-12-20-17/h4-10,12-13H,1,11H2,2-3H3. The lowest BCUT2D eigenvalue weighted by atomic mass is 9.83. The number of aromatic nitrogens is 1. The summed E-state index contributed by atoms with van der Waals surface area (Å²) in [7, 11) is 0. The summed E-state index contributed by atoms with van der Waals surface area (Å²) in [4.78, 5) is 1.40. The van der Waals surface area contributed by atoms with E-state index in [4.69, 9.17) is 0 Å². The molecule has 2 aromatic heterocycles. The zero-order valence-electron chi connectivity index (χ0n) is 12.0. The molecule has 0 N–H and O–H groups in total. The Labute approximate surface area is 124 Å². The molecule has 0 saturated heterocycles. The van der Waals surface area contributed by atoms with Gasteiger partial charge >= 0.3 is 0 Å². The van der Waals surface area contributed by atoms with Gasteiger partial charge in [-0.15, -0.1) is 17.9 Å². The van der Waals surface area contributed by atoms with Crippen molar-refractivity contribution >= 4 is 22.2 Å². The summed E-state index contributed by atoms with van der Waals surface area (Å²) in [6.07, 6.45) is 4.24. The number of hydrogen-bond donors (Lipinski definition) is 0. The summed E-state index contributed by atoms with van der Waals surface area (Å²) in [6, 6.07) is 13.0. The molecule has 102 valence electrons. The van der Waals surface area contributed by atoms with Crippen LogP contribution in [0.4, 0.5) is 0 Å². The fraction of sp³-hybridized carbons (Fsp3) is 0.222. The van der Waals surface area contributed by atoms with E-state index in [0.717, 1.165) is 6.54 Å². The Bertz CT molecular complexity index is 732. The summed E-state index contributed by atoms with van der Waals surface area (Å²) in [5, 5.41) is 3.49. The predicted octanol–water partition coefficient (Wildman–Crippen LogP) is 5.21. The third kappa shape index (κ3) is 2.01. The van der Waals surface area contributed by atoms with Gasteiger partial charge in [0, 0.05) is 33.9 Å². The Morgan fingerprint density at radius 2 is 2.00 bits per heavy atom. The van der Waals surface area contributed by atoms with Gasteiger partial charge in [-0.05, 0) is 23.1 Å². The highest BCUT2D eigenvalue weighted by atomic mass is 32.1. The van der Waals surface area contributed by atoms with E-state index in [-0.39, 0.29) is 5.41 Å². The van der Waals surface area contributed by atoms with Crippen LogP contribution in [0.5, 0.6) is 0 Å². The minimum Gasteiger partial charge on any atom is -0.343 e. The van der Waals surface area contributed by atoms with Gasteiger partial charge in [-0.25, -0.2) is 0 Å². The maximum atomic E-state index is 3.87. The van der Waals surface area contributed by atoms with Crippen LogP contribution in [0.2, 0.25) is 0 Å². The largest absolute Gasteiger partial charge is 0.343 e. The molecule has 0 aliphatic rings. The molecule has 2 heterocycles. The fourth-order valence-electron chi connectivity index (χ4n) is 2.80. The lowest BCUT2D eigenvalue weighted by Gasteiger charge is -2.23. The van der Waals surface area contributed by atoms with Crippen molar-refractivity contribution in [3.8, 4) is 0 Å². The van der Waals surface area contributed by atoms with Crippen LogP contribution in [0.3, 0.4) is 0 Å². The number of thiophene rings is 1. The highest BCUT2D eigenvalue weighted by Crippen LogP contribution is 2.39. The molecule has 0 radical (unpaired) electrons. The topological polar surface area (TPSA) is 4.93 Å².